The maximum absolute atomic E-state index is 10.9. The highest BCUT2D eigenvalue weighted by Crippen LogP contribution is 2.24. The molecule has 0 unspecified atom stereocenters. The highest BCUT2D eigenvalue weighted by Gasteiger charge is 2.10. The van der Waals surface area contributed by atoms with Gasteiger partial charge < -0.3 is 5.32 Å². The molecule has 0 bridgehead atoms. The Morgan fingerprint density at radius 1 is 1.59 bits per heavy atom. The Balaban J connectivity index is 2.70. The van der Waals surface area contributed by atoms with Crippen LogP contribution in [-0.4, -0.2) is 36.9 Å². The lowest BCUT2D eigenvalue weighted by molar-refractivity contribution is -0.385. The van der Waals surface area contributed by atoms with Crippen molar-refractivity contribution in [1.29, 1.82) is 0 Å². The van der Waals surface area contributed by atoms with E-state index in [1.165, 1.54) is 6.07 Å². The van der Waals surface area contributed by atoms with Gasteiger partial charge in [0.2, 0.25) is 0 Å². The van der Waals surface area contributed by atoms with E-state index in [2.05, 4.69) is 26.2 Å². The summed E-state index contributed by atoms with van der Waals surface area (Å²) in [6, 6.07) is 1.30. The van der Waals surface area contributed by atoms with E-state index in [1.54, 1.807) is 0 Å². The smallest absolute Gasteiger partial charge is 0.288 e. The third-order valence-corrected chi connectivity index (χ3v) is 3.35. The Morgan fingerprint density at radius 2 is 2.24 bits per heavy atom. The molecule has 0 atom stereocenters. The summed E-state index contributed by atoms with van der Waals surface area (Å²) in [4.78, 5) is 13.7. The number of hydrogen-bond donors (Lipinski definition) is 1. The number of sulfone groups is 1. The number of aromatic nitrogens is 1. The van der Waals surface area contributed by atoms with Gasteiger partial charge in [-0.3, -0.25) is 10.1 Å². The van der Waals surface area contributed by atoms with Gasteiger partial charge in [0.1, 0.15) is 21.9 Å². The Hall–Kier alpha value is -1.22. The quantitative estimate of drug-likeness (QED) is 0.645. The zero-order valence-corrected chi connectivity index (χ0v) is 11.3. The van der Waals surface area contributed by atoms with Gasteiger partial charge in [-0.25, -0.2) is 13.4 Å². The fraction of sp³-hybridized carbons (Fsp3) is 0.375. The lowest BCUT2D eigenvalue weighted by Crippen LogP contribution is -2.15. The number of halogens is 1. The van der Waals surface area contributed by atoms with Gasteiger partial charge in [0, 0.05) is 18.9 Å². The first kappa shape index (κ1) is 13.8. The van der Waals surface area contributed by atoms with Crippen LogP contribution in [0.2, 0.25) is 0 Å². The van der Waals surface area contributed by atoms with E-state index in [4.69, 9.17) is 0 Å². The second-order valence-electron chi connectivity index (χ2n) is 3.34. The van der Waals surface area contributed by atoms with Crippen LogP contribution in [0.25, 0.3) is 0 Å². The summed E-state index contributed by atoms with van der Waals surface area (Å²) < 4.78 is 22.2. The van der Waals surface area contributed by atoms with Gasteiger partial charge in [-0.2, -0.15) is 0 Å². The zero-order valence-electron chi connectivity index (χ0n) is 8.88. The van der Waals surface area contributed by atoms with Crippen molar-refractivity contribution in [2.45, 2.75) is 0 Å². The van der Waals surface area contributed by atoms with E-state index in [0.29, 0.717) is 10.3 Å². The van der Waals surface area contributed by atoms with Crippen LogP contribution in [0.15, 0.2) is 16.7 Å². The predicted molar refractivity (Wildman–Crippen MR) is 66.8 cm³/mol. The number of hydrogen-bond acceptors (Lipinski definition) is 6. The molecule has 0 saturated carbocycles. The molecule has 0 aromatic carbocycles. The van der Waals surface area contributed by atoms with Crippen LogP contribution in [0.3, 0.4) is 0 Å². The highest BCUT2D eigenvalue weighted by atomic mass is 79.9. The minimum atomic E-state index is -3.04. The largest absolute Gasteiger partial charge is 0.368 e. The number of rotatable bonds is 5. The van der Waals surface area contributed by atoms with E-state index in [0.717, 1.165) is 12.5 Å². The van der Waals surface area contributed by atoms with Gasteiger partial charge in [-0.15, -0.1) is 0 Å². The van der Waals surface area contributed by atoms with Crippen molar-refractivity contribution >= 4 is 37.3 Å². The summed E-state index contributed by atoms with van der Waals surface area (Å²) in [6.45, 7) is 0.197. The number of nitro groups is 1. The van der Waals surface area contributed by atoms with E-state index in [-0.39, 0.29) is 18.0 Å². The highest BCUT2D eigenvalue weighted by molar-refractivity contribution is 9.10. The predicted octanol–water partition coefficient (Wildman–Crippen LogP) is 1.21. The van der Waals surface area contributed by atoms with Gasteiger partial charge in [0.05, 0.1) is 15.1 Å². The first-order valence-corrected chi connectivity index (χ1v) is 7.36. The van der Waals surface area contributed by atoms with Crippen molar-refractivity contribution in [3.8, 4) is 0 Å². The van der Waals surface area contributed by atoms with Gasteiger partial charge in [-0.05, 0) is 15.9 Å². The Kier molecular flexibility index (Phi) is 4.40. The molecule has 1 aromatic rings. The van der Waals surface area contributed by atoms with Crippen LogP contribution < -0.4 is 5.32 Å². The van der Waals surface area contributed by atoms with Crippen molar-refractivity contribution in [3.05, 3.63) is 26.9 Å². The fourth-order valence-corrected chi connectivity index (χ4v) is 1.96. The number of nitrogens with one attached hydrogen (secondary N) is 1. The van der Waals surface area contributed by atoms with Gasteiger partial charge in [0.25, 0.3) is 5.69 Å². The molecule has 0 amide bonds. The molecular formula is C8H10BrN3O4S. The fourth-order valence-electron chi connectivity index (χ4n) is 1.01. The Morgan fingerprint density at radius 3 is 2.71 bits per heavy atom. The molecule has 0 aliphatic carbocycles. The number of nitrogens with zero attached hydrogens (tertiary/aromatic N) is 2. The summed E-state index contributed by atoms with van der Waals surface area (Å²) in [7, 11) is -3.04. The third-order valence-electron chi connectivity index (χ3n) is 1.80. The molecule has 0 fully saturated rings. The summed E-state index contributed by atoms with van der Waals surface area (Å²) in [5.41, 5.74) is -0.134. The monoisotopic (exact) mass is 323 g/mol. The van der Waals surface area contributed by atoms with Gasteiger partial charge in [0.15, 0.2) is 0 Å². The second-order valence-corrected chi connectivity index (χ2v) is 6.45. The molecule has 0 spiro atoms. The molecule has 1 heterocycles. The SMILES string of the molecule is CS(=O)(=O)CCNc1ncc([N+](=O)[O-])cc1Br. The molecule has 17 heavy (non-hydrogen) atoms. The summed E-state index contributed by atoms with van der Waals surface area (Å²) in [6.07, 6.45) is 2.24. The van der Waals surface area contributed by atoms with Crippen molar-refractivity contribution in [3.63, 3.8) is 0 Å². The van der Waals surface area contributed by atoms with Crippen molar-refractivity contribution in [1.82, 2.24) is 4.98 Å². The van der Waals surface area contributed by atoms with Crippen molar-refractivity contribution < 1.29 is 13.3 Å². The average Bonchev–Trinajstić information content (AvgIpc) is 2.18. The van der Waals surface area contributed by atoms with Gasteiger partial charge >= 0.3 is 0 Å². The number of pyridine rings is 1. The molecule has 0 aliphatic rings. The van der Waals surface area contributed by atoms with E-state index < -0.39 is 14.8 Å². The standard InChI is InChI=1S/C8H10BrN3O4S/c1-17(15,16)3-2-10-8-7(9)4-6(5-11-8)12(13)14/h4-5H,2-3H2,1H3,(H,10,11). The normalized spacial score (nSPS) is 11.2. The second kappa shape index (κ2) is 5.41. The molecule has 1 rings (SSSR count). The first-order valence-electron chi connectivity index (χ1n) is 4.51. The van der Waals surface area contributed by atoms with Crippen LogP contribution in [0.1, 0.15) is 0 Å². The summed E-state index contributed by atoms with van der Waals surface area (Å²) >= 11 is 3.12. The van der Waals surface area contributed by atoms with E-state index in [9.17, 15) is 18.5 Å². The van der Waals surface area contributed by atoms with E-state index >= 15 is 0 Å². The maximum Gasteiger partial charge on any atom is 0.288 e. The topological polar surface area (TPSA) is 102 Å². The molecule has 94 valence electrons. The van der Waals surface area contributed by atoms with E-state index in [1.807, 2.05) is 0 Å². The summed E-state index contributed by atoms with van der Waals surface area (Å²) in [5, 5.41) is 13.2. The molecule has 1 aromatic heterocycles. The lowest BCUT2D eigenvalue weighted by Gasteiger charge is -2.06. The van der Waals surface area contributed by atoms with Gasteiger partial charge in [-0.1, -0.05) is 0 Å². The van der Waals surface area contributed by atoms with Crippen LogP contribution in [0.4, 0.5) is 11.5 Å². The van der Waals surface area contributed by atoms with Crippen molar-refractivity contribution in [2.75, 3.05) is 23.9 Å². The Labute approximate surface area is 106 Å². The van der Waals surface area contributed by atoms with Crippen LogP contribution >= 0.6 is 15.9 Å². The van der Waals surface area contributed by atoms with Crippen LogP contribution in [0, 0.1) is 10.1 Å². The lowest BCUT2D eigenvalue weighted by atomic mass is 10.4. The molecule has 9 heteroatoms. The molecule has 0 aliphatic heterocycles. The molecule has 1 N–H and O–H groups in total. The van der Waals surface area contributed by atoms with Crippen LogP contribution in [0.5, 0.6) is 0 Å². The van der Waals surface area contributed by atoms with Crippen LogP contribution in [-0.2, 0) is 9.84 Å². The summed E-state index contributed by atoms with van der Waals surface area (Å²) in [5.74, 6) is 0.345. The zero-order chi connectivity index (χ0) is 13.1. The molecule has 7 nitrogen and oxygen atoms in total. The first-order chi connectivity index (χ1) is 7.79. The minimum Gasteiger partial charge on any atom is -0.368 e. The third kappa shape index (κ3) is 4.65. The minimum absolute atomic E-state index is 0.0297. The number of anilines is 1. The maximum atomic E-state index is 10.9. The molecule has 0 radical (unpaired) electrons. The Bertz CT molecular complexity index is 532. The molecular weight excluding hydrogens is 314 g/mol. The average molecular weight is 324 g/mol. The molecule has 0 saturated heterocycles. The van der Waals surface area contributed by atoms with Crippen molar-refractivity contribution in [2.24, 2.45) is 0 Å².